The molecule has 17 nitrogen and oxygen atoms in total. The standard InChI is InChI=1S/C51H63ClN10O7S2/c1-51(2)18-14-37(43(33-51)35-6-8-38(52)9-7-35)34-59-25-27-60(28-26-59)40-10-12-42(45(31-40)61-21-5-29-69-50-47(61)30-36-15-19-54-48(36)55-50)49(63)57-71(67,68)41-11-13-44(46(32-41)62(64)65)53-20-24-58-22-16-39(17-23-58)56-70(3,4)66/h6-13,15,19,30-32,39,53H,5,14,16-18,20-29,33-34H2,1-4H3,(H,54,55)(H,57,63). The zero-order valence-corrected chi connectivity index (χ0v) is 43.2. The van der Waals surface area contributed by atoms with Crippen molar-refractivity contribution in [1.29, 1.82) is 0 Å². The normalized spacial score (nSPS) is 18.4. The molecule has 5 aromatic rings. The summed E-state index contributed by atoms with van der Waals surface area (Å²) >= 11 is 6.28. The largest absolute Gasteiger partial charge is 0.476 e. The minimum absolute atomic E-state index is 0.0453. The number of aromatic amines is 1. The van der Waals surface area contributed by atoms with E-state index in [4.69, 9.17) is 21.3 Å². The summed E-state index contributed by atoms with van der Waals surface area (Å²) in [6.45, 7) is 12.0. The Hall–Kier alpha value is -5.73. The van der Waals surface area contributed by atoms with Crippen molar-refractivity contribution in [1.82, 2.24) is 24.5 Å². The Kier molecular flexibility index (Phi) is 14.7. The maximum Gasteiger partial charge on any atom is 0.293 e. The molecule has 9 rings (SSSR count). The van der Waals surface area contributed by atoms with E-state index >= 15 is 0 Å². The van der Waals surface area contributed by atoms with Gasteiger partial charge in [-0.1, -0.05) is 43.2 Å². The highest BCUT2D eigenvalue weighted by molar-refractivity contribution is 7.92. The van der Waals surface area contributed by atoms with Gasteiger partial charge in [0.15, 0.2) is 0 Å². The number of hydrogen-bond acceptors (Lipinski definition) is 14. The van der Waals surface area contributed by atoms with E-state index in [2.05, 4.69) is 60.1 Å². The molecule has 3 aromatic carbocycles. The predicted molar refractivity (Wildman–Crippen MR) is 282 cm³/mol. The van der Waals surface area contributed by atoms with Crippen LogP contribution in [0.1, 0.15) is 68.3 Å². The molecule has 20 heteroatoms. The molecule has 5 heterocycles. The van der Waals surface area contributed by atoms with Gasteiger partial charge in [0.1, 0.15) is 17.0 Å². The van der Waals surface area contributed by atoms with Gasteiger partial charge in [0, 0.05) is 116 Å². The number of benzene rings is 3. The van der Waals surface area contributed by atoms with Gasteiger partial charge >= 0.3 is 0 Å². The number of halogens is 1. The summed E-state index contributed by atoms with van der Waals surface area (Å²) in [6, 6.07) is 21.1. The maximum absolute atomic E-state index is 14.5. The van der Waals surface area contributed by atoms with E-state index in [0.717, 1.165) is 100 Å². The lowest BCUT2D eigenvalue weighted by Gasteiger charge is -2.39. The number of fused-ring (bicyclic) bond motifs is 2. The number of allylic oxidation sites excluding steroid dienone is 1. The third-order valence-corrected chi connectivity index (χ3v) is 16.4. The Morgan fingerprint density at radius 3 is 2.44 bits per heavy atom. The number of ether oxygens (including phenoxy) is 1. The van der Waals surface area contributed by atoms with E-state index in [9.17, 15) is 27.5 Å². The van der Waals surface area contributed by atoms with Crippen LogP contribution in [0.2, 0.25) is 5.02 Å². The smallest absolute Gasteiger partial charge is 0.293 e. The summed E-state index contributed by atoms with van der Waals surface area (Å²) in [5.41, 5.74) is 6.80. The molecule has 0 radical (unpaired) electrons. The lowest BCUT2D eigenvalue weighted by atomic mass is 9.72. The van der Waals surface area contributed by atoms with Crippen molar-refractivity contribution in [3.05, 3.63) is 111 Å². The molecule has 3 aliphatic heterocycles. The second-order valence-electron chi connectivity index (χ2n) is 20.1. The van der Waals surface area contributed by atoms with Crippen LogP contribution in [0, 0.1) is 15.5 Å². The van der Waals surface area contributed by atoms with Gasteiger partial charge in [-0.15, -0.1) is 0 Å². The van der Waals surface area contributed by atoms with Gasteiger partial charge in [-0.05, 0) is 110 Å². The Bertz CT molecular complexity index is 3070. The molecule has 0 bridgehead atoms. The van der Waals surface area contributed by atoms with E-state index < -0.39 is 41.2 Å². The van der Waals surface area contributed by atoms with Crippen LogP contribution in [0.15, 0.2) is 93.8 Å². The molecule has 2 aromatic heterocycles. The van der Waals surface area contributed by atoms with E-state index in [1.165, 1.54) is 28.8 Å². The average molecular weight is 1030 g/mol. The van der Waals surface area contributed by atoms with Crippen LogP contribution in [-0.2, 0) is 19.8 Å². The topological polar surface area (TPSA) is 199 Å². The van der Waals surface area contributed by atoms with Crippen LogP contribution < -0.4 is 24.6 Å². The second kappa shape index (κ2) is 20.8. The summed E-state index contributed by atoms with van der Waals surface area (Å²) < 4.78 is 53.1. The molecule has 3 N–H and O–H groups in total. The number of nitrogens with one attached hydrogen (secondary N) is 3. The third-order valence-electron chi connectivity index (χ3n) is 14.0. The quantitative estimate of drug-likeness (QED) is 0.0707. The van der Waals surface area contributed by atoms with Crippen molar-refractivity contribution in [2.24, 2.45) is 9.78 Å². The van der Waals surface area contributed by atoms with Crippen molar-refractivity contribution >= 4 is 82.3 Å². The predicted octanol–water partition coefficient (Wildman–Crippen LogP) is 8.55. The molecule has 378 valence electrons. The molecule has 0 unspecified atom stereocenters. The van der Waals surface area contributed by atoms with E-state index in [1.54, 1.807) is 24.8 Å². The third kappa shape index (κ3) is 12.0. The number of aromatic nitrogens is 2. The number of hydrogen-bond donors (Lipinski definition) is 3. The zero-order chi connectivity index (χ0) is 50.1. The Morgan fingerprint density at radius 1 is 0.944 bits per heavy atom. The average Bonchev–Trinajstić information content (AvgIpc) is 3.69. The highest BCUT2D eigenvalue weighted by Crippen LogP contribution is 2.44. The molecule has 4 aliphatic rings. The number of nitro benzene ring substituents is 1. The molecule has 1 aliphatic carbocycles. The molecule has 0 atom stereocenters. The Labute approximate surface area is 421 Å². The number of piperazine rings is 1. The number of pyridine rings is 1. The summed E-state index contributed by atoms with van der Waals surface area (Å²) in [6.07, 6.45) is 10.4. The van der Waals surface area contributed by atoms with Crippen LogP contribution in [0.3, 0.4) is 0 Å². The number of nitro groups is 1. The summed E-state index contributed by atoms with van der Waals surface area (Å²) in [4.78, 5) is 42.6. The van der Waals surface area contributed by atoms with Crippen LogP contribution in [-0.4, -0.2) is 134 Å². The number of carbonyl (C=O) groups is 1. The van der Waals surface area contributed by atoms with Crippen molar-refractivity contribution in [2.45, 2.75) is 63.3 Å². The molecule has 0 saturated carbocycles. The Morgan fingerprint density at radius 2 is 1.70 bits per heavy atom. The lowest BCUT2D eigenvalue weighted by molar-refractivity contribution is -0.384. The first-order valence-electron chi connectivity index (χ1n) is 24.3. The minimum Gasteiger partial charge on any atom is -0.476 e. The molecule has 2 fully saturated rings. The van der Waals surface area contributed by atoms with Crippen molar-refractivity contribution in [2.75, 3.05) is 99.7 Å². The van der Waals surface area contributed by atoms with Crippen molar-refractivity contribution in [3.63, 3.8) is 0 Å². The fraction of sp³-hybridized carbons (Fsp3) is 0.451. The maximum atomic E-state index is 14.5. The van der Waals surface area contributed by atoms with Crippen LogP contribution >= 0.6 is 11.6 Å². The number of anilines is 4. The van der Waals surface area contributed by atoms with E-state index in [0.29, 0.717) is 55.6 Å². The summed E-state index contributed by atoms with van der Waals surface area (Å²) in [7, 11) is -6.79. The first-order chi connectivity index (χ1) is 33.9. The number of nitrogens with zero attached hydrogens (tertiary/aromatic N) is 7. The molecular weight excluding hydrogens is 964 g/mol. The zero-order valence-electron chi connectivity index (χ0n) is 40.8. The number of sulfonamides is 1. The number of piperidine rings is 1. The van der Waals surface area contributed by atoms with Crippen LogP contribution in [0.4, 0.5) is 28.4 Å². The van der Waals surface area contributed by atoms with Gasteiger partial charge in [-0.3, -0.25) is 24.0 Å². The second-order valence-corrected chi connectivity index (χ2v) is 24.8. The van der Waals surface area contributed by atoms with Crippen molar-refractivity contribution in [3.8, 4) is 5.88 Å². The molecule has 71 heavy (non-hydrogen) atoms. The van der Waals surface area contributed by atoms with Crippen molar-refractivity contribution < 1.29 is 27.1 Å². The molecule has 1 amide bonds. The van der Waals surface area contributed by atoms with Gasteiger partial charge in [0.2, 0.25) is 5.88 Å². The SMILES string of the molecule is CC1(C)CCC(CN2CCN(c3ccc(C(=O)NS(=O)(=O)c4ccc(NCCN5CCC(N=S(C)(C)=O)CC5)c([N+](=O)[O-])c4)c(N4CCCOc5nc6[nH]ccc6cc54)c3)CC2)=C(c2ccc(Cl)cc2)C1. The first-order valence-corrected chi connectivity index (χ1v) is 28.5. The first kappa shape index (κ1) is 50.2. The number of H-pyrrole nitrogens is 1. The van der Waals surface area contributed by atoms with Gasteiger partial charge < -0.3 is 29.7 Å². The van der Waals surface area contributed by atoms with E-state index in [1.807, 2.05) is 41.3 Å². The van der Waals surface area contributed by atoms with E-state index in [-0.39, 0.29) is 22.7 Å². The monoisotopic (exact) mass is 1030 g/mol. The highest BCUT2D eigenvalue weighted by atomic mass is 35.5. The fourth-order valence-electron chi connectivity index (χ4n) is 10.2. The summed E-state index contributed by atoms with van der Waals surface area (Å²) in [5, 5.41) is 17.0. The molecule has 0 spiro atoms. The highest BCUT2D eigenvalue weighted by Gasteiger charge is 2.32. The number of amides is 1. The minimum atomic E-state index is -4.61. The van der Waals surface area contributed by atoms with Crippen LogP contribution in [0.25, 0.3) is 16.6 Å². The Balaban J connectivity index is 0.942. The van der Waals surface area contributed by atoms with Crippen LogP contribution in [0.5, 0.6) is 5.88 Å². The summed E-state index contributed by atoms with van der Waals surface area (Å²) in [5.74, 6) is -0.503. The molecule has 2 saturated heterocycles. The number of rotatable bonds is 14. The lowest BCUT2D eigenvalue weighted by Crippen LogP contribution is -2.47. The fourth-order valence-corrected chi connectivity index (χ4v) is 12.3. The number of carbonyl (C=O) groups excluding carboxylic acids is 1. The molecular formula is C51H63ClN10O7S2. The van der Waals surface area contributed by atoms with Gasteiger partial charge in [-0.25, -0.2) is 17.5 Å². The van der Waals surface area contributed by atoms with Gasteiger partial charge in [-0.2, -0.15) is 4.98 Å². The number of likely N-dealkylation sites (tertiary alicyclic amines) is 1. The van der Waals surface area contributed by atoms with Gasteiger partial charge in [0.25, 0.3) is 21.6 Å². The van der Waals surface area contributed by atoms with Gasteiger partial charge in [0.05, 0.1) is 33.7 Å².